The number of carbonyl (C=O) groups excluding carboxylic acids is 1. The number of nitrogens with two attached hydrogens (primary N) is 1. The molecule has 4 rings (SSSR count). The van der Waals surface area contributed by atoms with Crippen molar-refractivity contribution in [3.63, 3.8) is 0 Å². The van der Waals surface area contributed by atoms with Crippen molar-refractivity contribution < 1.29 is 22.7 Å². The Morgan fingerprint density at radius 3 is 2.28 bits per heavy atom. The summed E-state index contributed by atoms with van der Waals surface area (Å²) in [5, 5.41) is -0.309. The SMILES string of the molecule is CCOC(=O)c1c(N)c2c(C(F)(F)F)cc(-c3ccccc3)nc2n1Cc1ccccc1. The third-order valence-corrected chi connectivity index (χ3v) is 5.08. The highest BCUT2D eigenvalue weighted by molar-refractivity contribution is 6.07. The maximum Gasteiger partial charge on any atom is 0.417 e. The van der Waals surface area contributed by atoms with Crippen molar-refractivity contribution in [2.75, 3.05) is 12.3 Å². The van der Waals surface area contributed by atoms with Gasteiger partial charge in [-0.3, -0.25) is 0 Å². The number of benzene rings is 2. The first-order valence-electron chi connectivity index (χ1n) is 9.97. The van der Waals surface area contributed by atoms with Gasteiger partial charge in [-0.15, -0.1) is 0 Å². The van der Waals surface area contributed by atoms with Gasteiger partial charge in [-0.25, -0.2) is 9.78 Å². The zero-order chi connectivity index (χ0) is 22.9. The van der Waals surface area contributed by atoms with Crippen LogP contribution in [-0.2, 0) is 17.5 Å². The number of fused-ring (bicyclic) bond motifs is 1. The van der Waals surface area contributed by atoms with Gasteiger partial charge in [0.15, 0.2) is 5.69 Å². The van der Waals surface area contributed by atoms with E-state index in [0.717, 1.165) is 11.6 Å². The number of rotatable bonds is 5. The number of anilines is 1. The molecule has 2 heterocycles. The van der Waals surface area contributed by atoms with Crippen LogP contribution < -0.4 is 5.73 Å². The number of esters is 1. The molecule has 0 aliphatic heterocycles. The van der Waals surface area contributed by atoms with Gasteiger partial charge in [0.1, 0.15) is 5.65 Å². The van der Waals surface area contributed by atoms with Crippen LogP contribution in [0.3, 0.4) is 0 Å². The molecule has 0 atom stereocenters. The number of carbonyl (C=O) groups is 1. The molecule has 2 N–H and O–H groups in total. The Balaban J connectivity index is 2.07. The fourth-order valence-corrected chi connectivity index (χ4v) is 3.68. The van der Waals surface area contributed by atoms with Crippen molar-refractivity contribution in [3.05, 3.63) is 83.6 Å². The number of nitrogen functional groups attached to an aromatic ring is 1. The Kier molecular flexibility index (Phi) is 5.61. The number of hydrogen-bond donors (Lipinski definition) is 1. The largest absolute Gasteiger partial charge is 0.461 e. The molecule has 4 aromatic rings. The van der Waals surface area contributed by atoms with E-state index >= 15 is 0 Å². The molecule has 2 aromatic heterocycles. The lowest BCUT2D eigenvalue weighted by Crippen LogP contribution is -2.15. The number of alkyl halides is 3. The Hall–Kier alpha value is -3.81. The number of aromatic nitrogens is 2. The maximum atomic E-state index is 14.1. The summed E-state index contributed by atoms with van der Waals surface area (Å²) in [7, 11) is 0. The quantitative estimate of drug-likeness (QED) is 0.415. The van der Waals surface area contributed by atoms with Crippen LogP contribution in [0.25, 0.3) is 22.3 Å². The van der Waals surface area contributed by atoms with Crippen molar-refractivity contribution in [1.82, 2.24) is 9.55 Å². The van der Waals surface area contributed by atoms with Gasteiger partial charge in [0, 0.05) is 12.1 Å². The Morgan fingerprint density at radius 1 is 1.06 bits per heavy atom. The molecule has 0 unspecified atom stereocenters. The normalized spacial score (nSPS) is 11.6. The van der Waals surface area contributed by atoms with Gasteiger partial charge in [0.05, 0.1) is 28.9 Å². The minimum atomic E-state index is -4.70. The minimum absolute atomic E-state index is 0.0249. The van der Waals surface area contributed by atoms with Crippen molar-refractivity contribution >= 4 is 22.7 Å². The highest BCUT2D eigenvalue weighted by atomic mass is 19.4. The maximum absolute atomic E-state index is 14.1. The molecule has 0 bridgehead atoms. The lowest BCUT2D eigenvalue weighted by Gasteiger charge is -2.13. The zero-order valence-corrected chi connectivity index (χ0v) is 17.2. The molecule has 0 aliphatic carbocycles. The van der Waals surface area contributed by atoms with E-state index in [0.29, 0.717) is 5.56 Å². The van der Waals surface area contributed by atoms with E-state index in [1.54, 1.807) is 49.4 Å². The van der Waals surface area contributed by atoms with Gasteiger partial charge < -0.3 is 15.0 Å². The molecule has 8 heteroatoms. The first-order chi connectivity index (χ1) is 15.3. The molecule has 0 saturated carbocycles. The van der Waals surface area contributed by atoms with E-state index < -0.39 is 17.7 Å². The molecular weight excluding hydrogens is 419 g/mol. The van der Waals surface area contributed by atoms with Crippen LogP contribution in [0, 0.1) is 0 Å². The lowest BCUT2D eigenvalue weighted by molar-refractivity contribution is -0.136. The van der Waals surface area contributed by atoms with Crippen LogP contribution in [0.5, 0.6) is 0 Å². The summed E-state index contributed by atoms with van der Waals surface area (Å²) in [4.78, 5) is 17.2. The second kappa shape index (κ2) is 8.37. The van der Waals surface area contributed by atoms with Crippen LogP contribution in [0.2, 0.25) is 0 Å². The molecule has 5 nitrogen and oxygen atoms in total. The molecule has 164 valence electrons. The second-order valence-corrected chi connectivity index (χ2v) is 7.17. The van der Waals surface area contributed by atoms with Gasteiger partial charge in [-0.2, -0.15) is 13.2 Å². The molecule has 0 aliphatic rings. The molecule has 2 aromatic carbocycles. The smallest absolute Gasteiger partial charge is 0.417 e. The first-order valence-corrected chi connectivity index (χ1v) is 9.97. The van der Waals surface area contributed by atoms with Gasteiger partial charge >= 0.3 is 12.1 Å². The fraction of sp³-hybridized carbons (Fsp3) is 0.167. The van der Waals surface area contributed by atoms with Gasteiger partial charge in [-0.05, 0) is 18.6 Å². The molecule has 0 spiro atoms. The fourth-order valence-electron chi connectivity index (χ4n) is 3.68. The van der Waals surface area contributed by atoms with E-state index in [4.69, 9.17) is 10.5 Å². The lowest BCUT2D eigenvalue weighted by atomic mass is 10.1. The molecular formula is C24H20F3N3O2. The van der Waals surface area contributed by atoms with E-state index in [9.17, 15) is 18.0 Å². The van der Waals surface area contributed by atoms with Crippen LogP contribution in [0.4, 0.5) is 18.9 Å². The van der Waals surface area contributed by atoms with Crippen molar-refractivity contribution in [2.45, 2.75) is 19.6 Å². The minimum Gasteiger partial charge on any atom is -0.461 e. The molecule has 32 heavy (non-hydrogen) atoms. The van der Waals surface area contributed by atoms with Crippen LogP contribution in [-0.4, -0.2) is 22.1 Å². The van der Waals surface area contributed by atoms with Gasteiger partial charge in [0.2, 0.25) is 0 Å². The van der Waals surface area contributed by atoms with Crippen LogP contribution in [0.15, 0.2) is 66.7 Å². The highest BCUT2D eigenvalue weighted by Gasteiger charge is 2.37. The summed E-state index contributed by atoms with van der Waals surface area (Å²) in [6.07, 6.45) is -4.70. The summed E-state index contributed by atoms with van der Waals surface area (Å²) in [6, 6.07) is 18.6. The highest BCUT2D eigenvalue weighted by Crippen LogP contribution is 2.41. The van der Waals surface area contributed by atoms with Gasteiger partial charge in [0.25, 0.3) is 0 Å². The standard InChI is InChI=1S/C24H20F3N3O2/c1-2-32-23(31)21-20(28)19-17(24(25,26)27)13-18(16-11-7-4-8-12-16)29-22(19)30(21)14-15-9-5-3-6-10-15/h3-13H,2,14,28H2,1H3. The van der Waals surface area contributed by atoms with E-state index in [-0.39, 0.29) is 41.3 Å². The summed E-state index contributed by atoms with van der Waals surface area (Å²) in [5.41, 5.74) is 6.16. The monoisotopic (exact) mass is 439 g/mol. The summed E-state index contributed by atoms with van der Waals surface area (Å²) < 4.78 is 48.8. The summed E-state index contributed by atoms with van der Waals surface area (Å²) in [5.74, 6) is -0.798. The molecule has 0 saturated heterocycles. The number of hydrogen-bond acceptors (Lipinski definition) is 4. The second-order valence-electron chi connectivity index (χ2n) is 7.17. The van der Waals surface area contributed by atoms with Crippen molar-refractivity contribution in [3.8, 4) is 11.3 Å². The average molecular weight is 439 g/mol. The van der Waals surface area contributed by atoms with Gasteiger partial charge in [-0.1, -0.05) is 60.7 Å². The number of halogens is 3. The first kappa shape index (κ1) is 21.4. The Morgan fingerprint density at radius 2 is 1.69 bits per heavy atom. The summed E-state index contributed by atoms with van der Waals surface area (Å²) in [6.45, 7) is 1.77. The predicted molar refractivity (Wildman–Crippen MR) is 116 cm³/mol. The van der Waals surface area contributed by atoms with Crippen molar-refractivity contribution in [1.29, 1.82) is 0 Å². The number of pyridine rings is 1. The zero-order valence-electron chi connectivity index (χ0n) is 17.2. The van der Waals surface area contributed by atoms with Crippen LogP contribution in [0.1, 0.15) is 28.5 Å². The predicted octanol–water partition coefficient (Wildman–Crippen LogP) is 5.53. The number of nitrogens with zero attached hydrogens (tertiary/aromatic N) is 2. The van der Waals surface area contributed by atoms with E-state index in [1.165, 1.54) is 4.57 Å². The molecule has 0 fully saturated rings. The van der Waals surface area contributed by atoms with Crippen molar-refractivity contribution in [2.24, 2.45) is 0 Å². The number of ether oxygens (including phenoxy) is 1. The topological polar surface area (TPSA) is 70.1 Å². The third kappa shape index (κ3) is 3.91. The third-order valence-electron chi connectivity index (χ3n) is 5.08. The van der Waals surface area contributed by atoms with E-state index in [2.05, 4.69) is 4.98 Å². The summed E-state index contributed by atoms with van der Waals surface area (Å²) >= 11 is 0. The average Bonchev–Trinajstić information content (AvgIpc) is 3.05. The molecule has 0 radical (unpaired) electrons. The Labute approximate surface area is 182 Å². The Bertz CT molecular complexity index is 1270. The van der Waals surface area contributed by atoms with Crippen LogP contribution >= 0.6 is 0 Å². The molecule has 0 amide bonds. The van der Waals surface area contributed by atoms with E-state index in [1.807, 2.05) is 18.2 Å².